The lowest BCUT2D eigenvalue weighted by molar-refractivity contribution is 0.236. The summed E-state index contributed by atoms with van der Waals surface area (Å²) < 4.78 is 11.2. The smallest absolute Gasteiger partial charge is 0.227 e. The van der Waals surface area contributed by atoms with Crippen LogP contribution in [0.25, 0.3) is 0 Å². The molecule has 0 saturated heterocycles. The van der Waals surface area contributed by atoms with Gasteiger partial charge in [0.05, 0.1) is 0 Å². The van der Waals surface area contributed by atoms with Crippen molar-refractivity contribution in [3.05, 3.63) is 56.8 Å². The van der Waals surface area contributed by atoms with Crippen LogP contribution in [-0.4, -0.2) is 10.1 Å². The van der Waals surface area contributed by atoms with Gasteiger partial charge in [0, 0.05) is 28.5 Å². The first-order valence-corrected chi connectivity index (χ1v) is 5.93. The molecule has 0 aliphatic carbocycles. The number of hydrogen-bond acceptors (Lipinski definition) is 5. The monoisotopic (exact) mass is 311 g/mol. The van der Waals surface area contributed by atoms with Gasteiger partial charge in [-0.15, -0.1) is 0 Å². The molecule has 6 heteroatoms. The molecule has 0 fully saturated rings. The van der Waals surface area contributed by atoms with Gasteiger partial charge in [0.1, 0.15) is 25.2 Å². The number of halogens is 1. The van der Waals surface area contributed by atoms with Crippen LogP contribution in [0.2, 0.25) is 0 Å². The van der Waals surface area contributed by atoms with Crippen molar-refractivity contribution in [1.82, 2.24) is 4.98 Å². The first-order valence-electron chi connectivity index (χ1n) is 5.14. The fourth-order valence-corrected chi connectivity index (χ4v) is 1.73. The Labute approximate surface area is 111 Å². The maximum absolute atomic E-state index is 11.6. The molecule has 0 aliphatic heterocycles. The molecule has 2 rings (SSSR count). The summed E-state index contributed by atoms with van der Waals surface area (Å²) in [6.07, 6.45) is 4.50. The SMILES string of the molecule is O=c1cc(CO)occ1OCc1cncc(Br)c1. The first kappa shape index (κ1) is 12.8. The molecule has 1 N–H and O–H groups in total. The van der Waals surface area contributed by atoms with E-state index in [-0.39, 0.29) is 30.2 Å². The first-order chi connectivity index (χ1) is 8.69. The van der Waals surface area contributed by atoms with Crippen molar-refractivity contribution < 1.29 is 14.3 Å². The molecule has 0 bridgehead atoms. The zero-order valence-electron chi connectivity index (χ0n) is 9.30. The predicted octanol–water partition coefficient (Wildman–Crippen LogP) is 1.87. The van der Waals surface area contributed by atoms with Crippen molar-refractivity contribution in [2.24, 2.45) is 0 Å². The van der Waals surface area contributed by atoms with Crippen molar-refractivity contribution in [3.63, 3.8) is 0 Å². The van der Waals surface area contributed by atoms with Crippen LogP contribution in [0.1, 0.15) is 11.3 Å². The van der Waals surface area contributed by atoms with Gasteiger partial charge < -0.3 is 14.3 Å². The summed E-state index contributed by atoms with van der Waals surface area (Å²) in [6.45, 7) is -0.0965. The minimum absolute atomic E-state index is 0.104. The second-order valence-corrected chi connectivity index (χ2v) is 4.45. The van der Waals surface area contributed by atoms with Crippen LogP contribution in [0.5, 0.6) is 5.75 Å². The summed E-state index contributed by atoms with van der Waals surface area (Å²) in [7, 11) is 0. The number of nitrogens with zero attached hydrogens (tertiary/aromatic N) is 1. The highest BCUT2D eigenvalue weighted by Gasteiger charge is 2.04. The number of aromatic nitrogens is 1. The molecule has 2 aromatic rings. The van der Waals surface area contributed by atoms with Crippen LogP contribution in [0.3, 0.4) is 0 Å². The second-order valence-electron chi connectivity index (χ2n) is 3.53. The van der Waals surface area contributed by atoms with Crippen molar-refractivity contribution in [1.29, 1.82) is 0 Å². The standard InChI is InChI=1S/C12H10BrNO4/c13-9-1-8(3-14-4-9)6-18-12-7-17-10(5-15)2-11(12)16/h1-4,7,15H,5-6H2. The number of rotatable bonds is 4. The summed E-state index contributed by atoms with van der Waals surface area (Å²) in [6, 6.07) is 3.05. The molecule has 0 unspecified atom stereocenters. The Bertz CT molecular complexity index is 597. The van der Waals surface area contributed by atoms with Crippen LogP contribution in [0.15, 0.2) is 44.5 Å². The molecule has 2 heterocycles. The highest BCUT2D eigenvalue weighted by Crippen LogP contribution is 2.12. The van der Waals surface area contributed by atoms with E-state index in [0.717, 1.165) is 10.0 Å². The van der Waals surface area contributed by atoms with Crippen LogP contribution >= 0.6 is 15.9 Å². The third-order valence-corrected chi connectivity index (χ3v) is 2.60. The van der Waals surface area contributed by atoms with Gasteiger partial charge in [-0.25, -0.2) is 0 Å². The summed E-state index contributed by atoms with van der Waals surface area (Å²) in [5.74, 6) is 0.309. The molecule has 5 nitrogen and oxygen atoms in total. The van der Waals surface area contributed by atoms with E-state index in [2.05, 4.69) is 20.9 Å². The molecule has 0 aromatic carbocycles. The van der Waals surface area contributed by atoms with Gasteiger partial charge in [-0.2, -0.15) is 0 Å². The third-order valence-electron chi connectivity index (χ3n) is 2.16. The van der Waals surface area contributed by atoms with E-state index in [1.54, 1.807) is 12.4 Å². The normalized spacial score (nSPS) is 10.3. The van der Waals surface area contributed by atoms with Crippen LogP contribution < -0.4 is 10.2 Å². The van der Waals surface area contributed by atoms with E-state index in [4.69, 9.17) is 14.3 Å². The van der Waals surface area contributed by atoms with Gasteiger partial charge in [0.2, 0.25) is 11.2 Å². The van der Waals surface area contributed by atoms with Crippen LogP contribution in [0, 0.1) is 0 Å². The molecular formula is C12H10BrNO4. The Kier molecular flexibility index (Phi) is 4.11. The number of pyridine rings is 1. The van der Waals surface area contributed by atoms with Gasteiger partial charge in [0.25, 0.3) is 0 Å². The van der Waals surface area contributed by atoms with Crippen molar-refractivity contribution in [3.8, 4) is 5.75 Å². The molecule has 0 spiro atoms. The Hall–Kier alpha value is -1.66. The number of hydrogen-bond donors (Lipinski definition) is 1. The largest absolute Gasteiger partial charge is 0.482 e. The van der Waals surface area contributed by atoms with Gasteiger partial charge in [-0.05, 0) is 22.0 Å². The zero-order chi connectivity index (χ0) is 13.0. The average molecular weight is 312 g/mol. The Morgan fingerprint density at radius 3 is 2.89 bits per heavy atom. The van der Waals surface area contributed by atoms with E-state index < -0.39 is 0 Å². The maximum Gasteiger partial charge on any atom is 0.227 e. The summed E-state index contributed by atoms with van der Waals surface area (Å²) in [5, 5.41) is 8.80. The Balaban J connectivity index is 2.09. The van der Waals surface area contributed by atoms with E-state index in [1.165, 1.54) is 12.3 Å². The van der Waals surface area contributed by atoms with Crippen LogP contribution in [0.4, 0.5) is 0 Å². The number of aliphatic hydroxyl groups excluding tert-OH is 1. The van der Waals surface area contributed by atoms with Gasteiger partial charge in [-0.1, -0.05) is 0 Å². The summed E-state index contributed by atoms with van der Waals surface area (Å²) in [5.41, 5.74) is 0.503. The lowest BCUT2D eigenvalue weighted by atomic mass is 10.3. The lowest BCUT2D eigenvalue weighted by Gasteiger charge is -2.05. The van der Waals surface area contributed by atoms with Gasteiger partial charge in [0.15, 0.2) is 0 Å². The molecule has 0 amide bonds. The topological polar surface area (TPSA) is 72.6 Å². The Morgan fingerprint density at radius 2 is 2.22 bits per heavy atom. The highest BCUT2D eigenvalue weighted by molar-refractivity contribution is 9.10. The van der Waals surface area contributed by atoms with E-state index in [9.17, 15) is 4.79 Å². The Morgan fingerprint density at radius 1 is 1.39 bits per heavy atom. The molecule has 0 radical (unpaired) electrons. The minimum Gasteiger partial charge on any atom is -0.482 e. The molecular weight excluding hydrogens is 302 g/mol. The zero-order valence-corrected chi connectivity index (χ0v) is 10.9. The second kappa shape index (κ2) is 5.79. The summed E-state index contributed by atoms with van der Waals surface area (Å²) >= 11 is 3.30. The van der Waals surface area contributed by atoms with E-state index in [1.807, 2.05) is 6.07 Å². The quantitative estimate of drug-likeness (QED) is 0.933. The predicted molar refractivity (Wildman–Crippen MR) is 67.2 cm³/mol. The van der Waals surface area contributed by atoms with Gasteiger partial charge in [-0.3, -0.25) is 9.78 Å². The number of ether oxygens (including phenoxy) is 1. The molecule has 0 saturated carbocycles. The minimum atomic E-state index is -0.326. The number of aliphatic hydroxyl groups is 1. The van der Waals surface area contributed by atoms with Crippen molar-refractivity contribution in [2.75, 3.05) is 0 Å². The van der Waals surface area contributed by atoms with Crippen LogP contribution in [-0.2, 0) is 13.2 Å². The summed E-state index contributed by atoms with van der Waals surface area (Å²) in [4.78, 5) is 15.6. The van der Waals surface area contributed by atoms with Crippen molar-refractivity contribution in [2.45, 2.75) is 13.2 Å². The van der Waals surface area contributed by atoms with E-state index in [0.29, 0.717) is 0 Å². The average Bonchev–Trinajstić information content (AvgIpc) is 2.37. The van der Waals surface area contributed by atoms with E-state index >= 15 is 0 Å². The highest BCUT2D eigenvalue weighted by atomic mass is 79.9. The molecule has 0 atom stereocenters. The maximum atomic E-state index is 11.6. The molecule has 94 valence electrons. The van der Waals surface area contributed by atoms with Gasteiger partial charge >= 0.3 is 0 Å². The third kappa shape index (κ3) is 3.18. The fourth-order valence-electron chi connectivity index (χ4n) is 1.32. The molecule has 18 heavy (non-hydrogen) atoms. The lowest BCUT2D eigenvalue weighted by Crippen LogP contribution is -2.08. The fraction of sp³-hybridized carbons (Fsp3) is 0.167. The van der Waals surface area contributed by atoms with Crippen molar-refractivity contribution >= 4 is 15.9 Å². The molecule has 2 aromatic heterocycles. The molecule has 0 aliphatic rings.